The summed E-state index contributed by atoms with van der Waals surface area (Å²) >= 11 is 1.58. The molecule has 0 unspecified atom stereocenters. The van der Waals surface area contributed by atoms with Crippen molar-refractivity contribution in [1.29, 1.82) is 0 Å². The summed E-state index contributed by atoms with van der Waals surface area (Å²) in [5.74, 6) is -0.467. The number of carbonyl (C=O) groups excluding carboxylic acids is 2. The molecule has 2 aromatic heterocycles. The number of thiophene rings is 1. The fourth-order valence-electron chi connectivity index (χ4n) is 3.03. The molecule has 0 radical (unpaired) electrons. The Labute approximate surface area is 182 Å². The summed E-state index contributed by atoms with van der Waals surface area (Å²) in [6, 6.07) is 22.5. The third-order valence-corrected chi connectivity index (χ3v) is 5.68. The van der Waals surface area contributed by atoms with Crippen LogP contribution >= 0.6 is 11.3 Å². The molecule has 0 spiro atoms. The first-order valence-corrected chi connectivity index (χ1v) is 10.5. The van der Waals surface area contributed by atoms with Crippen LogP contribution in [0.2, 0.25) is 0 Å². The maximum Gasteiger partial charge on any atom is 0.267 e. The van der Waals surface area contributed by atoms with Gasteiger partial charge in [-0.2, -0.15) is 5.10 Å². The number of aromatic nitrogens is 2. The van der Waals surface area contributed by atoms with Crippen molar-refractivity contribution >= 4 is 28.7 Å². The molecule has 31 heavy (non-hydrogen) atoms. The van der Waals surface area contributed by atoms with E-state index >= 15 is 0 Å². The number of rotatable bonds is 6. The van der Waals surface area contributed by atoms with Gasteiger partial charge in [0.05, 0.1) is 4.88 Å². The van der Waals surface area contributed by atoms with Gasteiger partial charge in [-0.25, -0.2) is 4.68 Å². The second-order valence-corrected chi connectivity index (χ2v) is 8.23. The number of nitrogens with one attached hydrogen (secondary N) is 1. The topological polar surface area (TPSA) is 81.1 Å². The highest BCUT2D eigenvalue weighted by atomic mass is 32.1. The summed E-state index contributed by atoms with van der Waals surface area (Å²) in [4.78, 5) is 39.2. The van der Waals surface area contributed by atoms with Crippen molar-refractivity contribution in [1.82, 2.24) is 9.78 Å². The van der Waals surface area contributed by atoms with Crippen molar-refractivity contribution in [2.75, 3.05) is 5.32 Å². The molecule has 6 nitrogen and oxygen atoms in total. The molecule has 0 aliphatic rings. The van der Waals surface area contributed by atoms with Crippen molar-refractivity contribution in [3.05, 3.63) is 105 Å². The highest BCUT2D eigenvalue weighted by Gasteiger charge is 2.12. The van der Waals surface area contributed by atoms with Crippen LogP contribution in [0.15, 0.2) is 83.7 Å². The first-order valence-electron chi connectivity index (χ1n) is 9.64. The molecular formula is C24H19N3O3S. The first-order chi connectivity index (χ1) is 15.0. The Balaban J connectivity index is 1.47. The van der Waals surface area contributed by atoms with Crippen molar-refractivity contribution in [2.45, 2.75) is 13.5 Å². The first kappa shape index (κ1) is 20.4. The molecule has 0 saturated heterocycles. The van der Waals surface area contributed by atoms with Crippen molar-refractivity contribution in [3.8, 4) is 10.6 Å². The molecule has 4 aromatic rings. The molecule has 0 aliphatic carbocycles. The summed E-state index contributed by atoms with van der Waals surface area (Å²) in [6.07, 6.45) is 0. The van der Waals surface area contributed by atoms with Gasteiger partial charge in [0.15, 0.2) is 5.78 Å². The van der Waals surface area contributed by atoms with E-state index in [0.717, 1.165) is 9.75 Å². The summed E-state index contributed by atoms with van der Waals surface area (Å²) < 4.78 is 1.18. The van der Waals surface area contributed by atoms with Crippen LogP contribution < -0.4 is 10.9 Å². The highest BCUT2D eigenvalue weighted by molar-refractivity contribution is 7.15. The lowest BCUT2D eigenvalue weighted by molar-refractivity contribution is 0.0965. The number of nitrogens with zero attached hydrogens (tertiary/aromatic N) is 2. The smallest absolute Gasteiger partial charge is 0.267 e. The van der Waals surface area contributed by atoms with Crippen molar-refractivity contribution in [3.63, 3.8) is 0 Å². The van der Waals surface area contributed by atoms with Crippen LogP contribution in [-0.4, -0.2) is 21.5 Å². The average molecular weight is 430 g/mol. The molecule has 2 aromatic carbocycles. The van der Waals surface area contributed by atoms with Gasteiger partial charge in [-0.3, -0.25) is 14.4 Å². The number of carbonyl (C=O) groups is 2. The van der Waals surface area contributed by atoms with Crippen LogP contribution in [0.1, 0.15) is 25.6 Å². The molecule has 0 atom stereocenters. The zero-order valence-electron chi connectivity index (χ0n) is 16.7. The number of amides is 1. The quantitative estimate of drug-likeness (QED) is 0.460. The zero-order valence-corrected chi connectivity index (χ0v) is 17.6. The third-order valence-electron chi connectivity index (χ3n) is 4.65. The van der Waals surface area contributed by atoms with Gasteiger partial charge in [-0.15, -0.1) is 11.3 Å². The number of benzene rings is 2. The maximum absolute atomic E-state index is 12.7. The predicted octanol–water partition coefficient (Wildman–Crippen LogP) is 4.42. The number of anilines is 1. The number of hydrogen-bond donors (Lipinski definition) is 1. The molecular weight excluding hydrogens is 410 g/mol. The molecule has 0 saturated carbocycles. The van der Waals surface area contributed by atoms with Crippen LogP contribution in [0.25, 0.3) is 10.6 Å². The Kier molecular flexibility index (Phi) is 5.86. The summed E-state index contributed by atoms with van der Waals surface area (Å²) in [5, 5.41) is 7.14. The lowest BCUT2D eigenvalue weighted by Crippen LogP contribution is -2.26. The minimum atomic E-state index is -0.336. The van der Waals surface area contributed by atoms with Gasteiger partial charge in [-0.1, -0.05) is 18.2 Å². The van der Waals surface area contributed by atoms with E-state index < -0.39 is 0 Å². The van der Waals surface area contributed by atoms with E-state index in [2.05, 4.69) is 10.4 Å². The van der Waals surface area contributed by atoms with Gasteiger partial charge >= 0.3 is 0 Å². The predicted molar refractivity (Wildman–Crippen MR) is 122 cm³/mol. The zero-order chi connectivity index (χ0) is 21.8. The van der Waals surface area contributed by atoms with E-state index in [4.69, 9.17) is 0 Å². The van der Waals surface area contributed by atoms with Crippen LogP contribution in [0.5, 0.6) is 0 Å². The van der Waals surface area contributed by atoms with Crippen LogP contribution in [-0.2, 0) is 6.54 Å². The fraction of sp³-hybridized carbons (Fsp3) is 0.0833. The number of aryl methyl sites for hydroxylation is 1. The molecule has 4 rings (SSSR count). The molecule has 0 fully saturated rings. The SMILES string of the molecule is Cc1ccc(-c2ccc(=O)n(CC(=O)c3ccc(NC(=O)c4ccccc4)cc3)n2)s1. The minimum Gasteiger partial charge on any atom is -0.322 e. The van der Waals surface area contributed by atoms with Gasteiger partial charge in [0.25, 0.3) is 11.5 Å². The van der Waals surface area contributed by atoms with Crippen molar-refractivity contribution in [2.24, 2.45) is 0 Å². The number of ketones is 1. The van der Waals surface area contributed by atoms with Gasteiger partial charge < -0.3 is 5.32 Å². The molecule has 154 valence electrons. The van der Waals surface area contributed by atoms with Crippen LogP contribution in [0.4, 0.5) is 5.69 Å². The van der Waals surface area contributed by atoms with Gasteiger partial charge in [0.1, 0.15) is 12.2 Å². The summed E-state index contributed by atoms with van der Waals surface area (Å²) in [7, 11) is 0. The monoisotopic (exact) mass is 429 g/mol. The third kappa shape index (κ3) is 4.84. The van der Waals surface area contributed by atoms with Crippen LogP contribution in [0, 0.1) is 6.92 Å². The second kappa shape index (κ2) is 8.89. The molecule has 0 aliphatic heterocycles. The Bertz CT molecular complexity index is 1290. The second-order valence-electron chi connectivity index (χ2n) is 6.95. The normalized spacial score (nSPS) is 10.6. The maximum atomic E-state index is 12.7. The minimum absolute atomic E-state index is 0.160. The lowest BCUT2D eigenvalue weighted by Gasteiger charge is -2.08. The Hall–Kier alpha value is -3.84. The molecule has 7 heteroatoms. The average Bonchev–Trinajstić information content (AvgIpc) is 3.22. The van der Waals surface area contributed by atoms with Crippen molar-refractivity contribution < 1.29 is 9.59 Å². The summed E-state index contributed by atoms with van der Waals surface area (Å²) in [6.45, 7) is 1.84. The van der Waals surface area contributed by atoms with Crippen LogP contribution in [0.3, 0.4) is 0 Å². The van der Waals surface area contributed by atoms with E-state index in [-0.39, 0.29) is 23.8 Å². The Morgan fingerprint density at radius 2 is 1.65 bits per heavy atom. The summed E-state index contributed by atoms with van der Waals surface area (Å²) in [5.41, 5.74) is 1.88. The lowest BCUT2D eigenvalue weighted by atomic mass is 10.1. The molecule has 2 heterocycles. The fourth-order valence-corrected chi connectivity index (χ4v) is 3.86. The molecule has 1 N–H and O–H groups in total. The Morgan fingerprint density at radius 1 is 0.903 bits per heavy atom. The molecule has 1 amide bonds. The van der Waals surface area contributed by atoms with E-state index in [1.807, 2.05) is 25.1 Å². The number of Topliss-reactive ketones (excluding diaryl/α,β-unsaturated/α-hetero) is 1. The molecule has 0 bridgehead atoms. The highest BCUT2D eigenvalue weighted by Crippen LogP contribution is 2.25. The largest absolute Gasteiger partial charge is 0.322 e. The van der Waals surface area contributed by atoms with Gasteiger partial charge in [-0.05, 0) is 61.5 Å². The van der Waals surface area contributed by atoms with Gasteiger partial charge in [0, 0.05) is 27.8 Å². The van der Waals surface area contributed by atoms with E-state index in [1.165, 1.54) is 10.7 Å². The van der Waals surface area contributed by atoms with E-state index in [0.29, 0.717) is 22.5 Å². The number of hydrogen-bond acceptors (Lipinski definition) is 5. The van der Waals surface area contributed by atoms with E-state index in [1.54, 1.807) is 65.9 Å². The van der Waals surface area contributed by atoms with Gasteiger partial charge in [0.2, 0.25) is 0 Å². The standard InChI is InChI=1S/C24H19N3O3S/c1-16-7-13-22(31-16)20-12-14-23(29)27(26-20)15-21(28)17-8-10-19(11-9-17)25-24(30)18-5-3-2-4-6-18/h2-14H,15H2,1H3,(H,25,30). The Morgan fingerprint density at radius 3 is 2.32 bits per heavy atom. The van der Waals surface area contributed by atoms with E-state index in [9.17, 15) is 14.4 Å².